The van der Waals surface area contributed by atoms with Crippen LogP contribution in [0.4, 0.5) is 9.59 Å². The zero-order valence-electron chi connectivity index (χ0n) is 21.9. The summed E-state index contributed by atoms with van der Waals surface area (Å²) in [6.45, 7) is 5.32. The minimum atomic E-state index is -1.28. The van der Waals surface area contributed by atoms with Gasteiger partial charge >= 0.3 is 47.6 Å². The van der Waals surface area contributed by atoms with Gasteiger partial charge in [-0.25, -0.2) is 14.4 Å². The summed E-state index contributed by atoms with van der Waals surface area (Å²) in [5.41, 5.74) is 0.721. The zero-order valence-corrected chi connectivity index (χ0v) is 22.7. The molecule has 212 valence electrons. The van der Waals surface area contributed by atoms with E-state index >= 15 is 0 Å². The van der Waals surface area contributed by atoms with Gasteiger partial charge in [0, 0.05) is 10.8 Å². The molecule has 3 aliphatic rings. The molecule has 2 aromatic rings. The van der Waals surface area contributed by atoms with Crippen LogP contribution in [0, 0.1) is 6.92 Å². The molecule has 6 amide bonds. The number of carboxylic acid groups (broad SMARTS) is 1. The Bertz CT molecular complexity index is 1420. The van der Waals surface area contributed by atoms with Gasteiger partial charge in [0.1, 0.15) is 47.7 Å². The van der Waals surface area contributed by atoms with Crippen LogP contribution in [0.5, 0.6) is 0 Å². The summed E-state index contributed by atoms with van der Waals surface area (Å²) >= 11 is 1.29. The standard InChI is InChI=1S/C25H27N7O7S.Na.H/c1-13-11-15(30-39-13)12-27-32(10-9-26-23(32)37)24(38)29-16(14-7-5-4-6-8-14)19(33)28-17-20(34)31-18(22(35)36)25(2,3)40-21(17)31;;/h4-8,11-12,16-18,21H,9-10H2,1-3H3,(H3-,26,28,29,33,35,36,37,38);;/p+1/t16?,17-,18+,21-,32?;;/m1../s1. The molecule has 4 N–H and O–H groups in total. The number of aliphatic carboxylic acids is 1. The molecule has 3 aliphatic heterocycles. The summed E-state index contributed by atoms with van der Waals surface area (Å²) in [7, 11) is 0. The van der Waals surface area contributed by atoms with Crippen molar-refractivity contribution < 1.29 is 38.2 Å². The maximum atomic E-state index is 13.6. The van der Waals surface area contributed by atoms with Crippen LogP contribution in [0.2, 0.25) is 0 Å². The van der Waals surface area contributed by atoms with E-state index < -0.39 is 62.7 Å². The van der Waals surface area contributed by atoms with E-state index in [2.05, 4.69) is 26.2 Å². The molecule has 1 aromatic carbocycles. The molecule has 0 bridgehead atoms. The van der Waals surface area contributed by atoms with Gasteiger partial charge in [-0.05, 0) is 30.9 Å². The first-order valence-corrected chi connectivity index (χ1v) is 13.4. The van der Waals surface area contributed by atoms with Gasteiger partial charge in [0.05, 0.1) is 6.54 Å². The molecule has 41 heavy (non-hydrogen) atoms. The molecule has 14 nitrogen and oxygen atoms in total. The van der Waals surface area contributed by atoms with Crippen LogP contribution in [-0.2, 0) is 14.4 Å². The van der Waals surface area contributed by atoms with Crippen molar-refractivity contribution in [2.75, 3.05) is 13.1 Å². The molecule has 3 fully saturated rings. The Morgan fingerprint density at radius 3 is 2.59 bits per heavy atom. The van der Waals surface area contributed by atoms with Gasteiger partial charge in [0.15, 0.2) is 0 Å². The van der Waals surface area contributed by atoms with Crippen molar-refractivity contribution >= 4 is 77.4 Å². The number of β-lactam (4-membered cyclic amide) rings is 1. The minimum absolute atomic E-state index is 0. The average Bonchev–Trinajstić information content (AvgIpc) is 3.58. The van der Waals surface area contributed by atoms with E-state index in [0.717, 1.165) is 0 Å². The maximum absolute atomic E-state index is 13.6. The summed E-state index contributed by atoms with van der Waals surface area (Å²) in [6.07, 6.45) is 1.25. The van der Waals surface area contributed by atoms with Crippen LogP contribution in [-0.4, -0.2) is 121 Å². The van der Waals surface area contributed by atoms with E-state index in [1.165, 1.54) is 22.9 Å². The topological polar surface area (TPSA) is 183 Å². The van der Waals surface area contributed by atoms with Gasteiger partial charge in [-0.15, -0.1) is 11.8 Å². The van der Waals surface area contributed by atoms with E-state index in [4.69, 9.17) is 4.52 Å². The first kappa shape index (κ1) is 30.7. The molecular weight excluding hydrogens is 565 g/mol. The monoisotopic (exact) mass is 594 g/mol. The second kappa shape index (κ2) is 11.6. The van der Waals surface area contributed by atoms with Crippen LogP contribution in [0.1, 0.15) is 36.9 Å². The van der Waals surface area contributed by atoms with Gasteiger partial charge in [0.2, 0.25) is 11.8 Å². The van der Waals surface area contributed by atoms with Crippen LogP contribution in [0.25, 0.3) is 0 Å². The molecule has 5 rings (SSSR count). The Morgan fingerprint density at radius 1 is 1.29 bits per heavy atom. The number of carbonyl (C=O) groups excluding carboxylic acids is 4. The van der Waals surface area contributed by atoms with E-state index in [1.807, 2.05) is 0 Å². The van der Waals surface area contributed by atoms with Gasteiger partial charge in [-0.2, -0.15) is 0 Å². The van der Waals surface area contributed by atoms with Crippen LogP contribution in [0.3, 0.4) is 0 Å². The third-order valence-corrected chi connectivity index (χ3v) is 8.62. The van der Waals surface area contributed by atoms with E-state index in [9.17, 15) is 29.1 Å². The first-order valence-electron chi connectivity index (χ1n) is 12.5. The number of nitrogens with one attached hydrogen (secondary N) is 3. The van der Waals surface area contributed by atoms with Crippen molar-refractivity contribution in [2.24, 2.45) is 5.10 Å². The van der Waals surface area contributed by atoms with Crippen molar-refractivity contribution in [3.63, 3.8) is 0 Å². The quantitative estimate of drug-likeness (QED) is 0.151. The molecule has 0 spiro atoms. The van der Waals surface area contributed by atoms with Crippen LogP contribution >= 0.6 is 11.8 Å². The number of aryl methyl sites for hydroxylation is 1. The molecule has 0 saturated carbocycles. The number of fused-ring (bicyclic) bond motifs is 1. The number of aromatic nitrogens is 1. The number of amides is 6. The van der Waals surface area contributed by atoms with Crippen LogP contribution in [0.15, 0.2) is 46.0 Å². The summed E-state index contributed by atoms with van der Waals surface area (Å²) < 4.78 is 3.24. The van der Waals surface area contributed by atoms with E-state index in [0.29, 0.717) is 17.0 Å². The number of carbonyl (C=O) groups is 5. The van der Waals surface area contributed by atoms with Crippen molar-refractivity contribution in [2.45, 2.75) is 49.0 Å². The fourth-order valence-electron chi connectivity index (χ4n) is 5.08. The predicted molar refractivity (Wildman–Crippen MR) is 148 cm³/mol. The molecule has 4 heterocycles. The number of nitrogens with zero attached hydrogens (tertiary/aromatic N) is 4. The van der Waals surface area contributed by atoms with E-state index in [1.54, 1.807) is 57.2 Å². The SMILES string of the molecule is Cc1cc(C=N[N+]2(C(=O)NC(C(=O)N[C@@H]3C(=O)N4[C@@H]3SC(C)(C)[C@@H]4C(=O)O)c3ccccc3)CCNC2=O)no1.[NaH]. The Hall–Kier alpha value is -3.24. The first-order chi connectivity index (χ1) is 18.9. The second-order valence-corrected chi connectivity index (χ2v) is 12.0. The number of hydrogen-bond acceptors (Lipinski definition) is 9. The molecule has 0 aliphatic carbocycles. The van der Waals surface area contributed by atoms with Crippen molar-refractivity contribution in [1.82, 2.24) is 26.0 Å². The predicted octanol–water partition coefficient (Wildman–Crippen LogP) is 0.291. The number of carboxylic acids is 1. The molecule has 2 unspecified atom stereocenters. The summed E-state index contributed by atoms with van der Waals surface area (Å²) in [5, 5.41) is 25.0. The zero-order chi connectivity index (χ0) is 28.8. The molecule has 3 saturated heterocycles. The summed E-state index contributed by atoms with van der Waals surface area (Å²) in [4.78, 5) is 66.1. The number of benzene rings is 1. The fraction of sp³-hybridized carbons (Fsp3) is 0.400. The van der Waals surface area contributed by atoms with Gasteiger partial charge in [-0.1, -0.05) is 40.6 Å². The number of rotatable bonds is 7. The summed E-state index contributed by atoms with van der Waals surface area (Å²) in [6, 6.07) is 5.12. The van der Waals surface area contributed by atoms with Crippen molar-refractivity contribution in [3.05, 3.63) is 53.4 Å². The fourth-order valence-corrected chi connectivity index (χ4v) is 6.70. The van der Waals surface area contributed by atoms with Gasteiger partial charge < -0.3 is 19.8 Å². The Balaban J connectivity index is 0.00000387. The van der Waals surface area contributed by atoms with Gasteiger partial charge in [-0.3, -0.25) is 20.2 Å². The van der Waals surface area contributed by atoms with E-state index in [-0.39, 0.29) is 42.6 Å². The van der Waals surface area contributed by atoms with Crippen LogP contribution < -0.4 is 16.0 Å². The number of thioether (sulfide) groups is 1. The number of hydrogen-bond donors (Lipinski definition) is 4. The second-order valence-electron chi connectivity index (χ2n) is 10.2. The third kappa shape index (κ3) is 5.51. The summed E-state index contributed by atoms with van der Waals surface area (Å²) in [5.74, 6) is -1.81. The normalized spacial score (nSPS) is 26.9. The van der Waals surface area contributed by atoms with Gasteiger partial charge in [0.25, 0.3) is 0 Å². The molecule has 0 radical (unpaired) electrons. The average molecular weight is 595 g/mol. The number of quaternary nitrogens is 1. The Kier molecular flexibility index (Phi) is 8.66. The molecular formula is C25H29N7NaO7S+. The Labute approximate surface area is 261 Å². The number of imide groups is 1. The van der Waals surface area contributed by atoms with Crippen molar-refractivity contribution in [1.29, 1.82) is 0 Å². The van der Waals surface area contributed by atoms with Crippen molar-refractivity contribution in [3.8, 4) is 0 Å². The molecule has 16 heteroatoms. The molecule has 5 atom stereocenters. The number of urea groups is 2. The Morgan fingerprint density at radius 2 is 2.00 bits per heavy atom. The third-order valence-electron chi connectivity index (χ3n) is 7.05. The molecule has 1 aromatic heterocycles.